The first-order chi connectivity index (χ1) is 15.0. The number of sulfonamides is 1. The Morgan fingerprint density at radius 3 is 2.56 bits per heavy atom. The molecule has 0 radical (unpaired) electrons. The topological polar surface area (TPSA) is 119 Å². The summed E-state index contributed by atoms with van der Waals surface area (Å²) >= 11 is 0. The lowest BCUT2D eigenvalue weighted by Gasteiger charge is -2.23. The van der Waals surface area contributed by atoms with Crippen LogP contribution >= 0.6 is 0 Å². The molecule has 0 heterocycles. The minimum Gasteiger partial charge on any atom is -0.491 e. The van der Waals surface area contributed by atoms with Crippen LogP contribution in [0.15, 0.2) is 42.5 Å². The van der Waals surface area contributed by atoms with E-state index >= 15 is 0 Å². The van der Waals surface area contributed by atoms with Crippen LogP contribution in [-0.4, -0.2) is 44.7 Å². The number of nitrogens with one attached hydrogen (secondary N) is 1. The van der Waals surface area contributed by atoms with Gasteiger partial charge in [-0.3, -0.25) is 19.2 Å². The fourth-order valence-electron chi connectivity index (χ4n) is 3.11. The molecule has 0 atom stereocenters. The number of non-ortho nitro benzene ring substituents is 1. The lowest BCUT2D eigenvalue weighted by atomic mass is 10.1. The van der Waals surface area contributed by atoms with Gasteiger partial charge in [-0.2, -0.15) is 0 Å². The first kappa shape index (κ1) is 25.1. The van der Waals surface area contributed by atoms with Gasteiger partial charge in [-0.1, -0.05) is 18.2 Å². The van der Waals surface area contributed by atoms with E-state index < -0.39 is 27.4 Å². The normalized spacial score (nSPS) is 11.3. The van der Waals surface area contributed by atoms with Crippen LogP contribution in [0.4, 0.5) is 11.4 Å². The average molecular weight is 464 g/mol. The largest absolute Gasteiger partial charge is 0.491 e. The van der Waals surface area contributed by atoms with Crippen LogP contribution < -0.4 is 14.4 Å². The molecular weight excluding hydrogens is 434 g/mol. The van der Waals surface area contributed by atoms with Crippen molar-refractivity contribution in [3.8, 4) is 5.75 Å². The summed E-state index contributed by atoms with van der Waals surface area (Å²) in [6.07, 6.45) is 2.42. The molecule has 1 amide bonds. The predicted molar refractivity (Wildman–Crippen MR) is 124 cm³/mol. The highest BCUT2D eigenvalue weighted by Crippen LogP contribution is 2.27. The van der Waals surface area contributed by atoms with Crippen molar-refractivity contribution in [3.05, 3.63) is 63.7 Å². The zero-order valence-electron chi connectivity index (χ0n) is 18.7. The van der Waals surface area contributed by atoms with E-state index in [-0.39, 0.29) is 17.5 Å². The molecule has 10 heteroatoms. The van der Waals surface area contributed by atoms with Crippen LogP contribution in [0.3, 0.4) is 0 Å². The van der Waals surface area contributed by atoms with Crippen molar-refractivity contribution in [2.45, 2.75) is 39.7 Å². The molecule has 2 rings (SSSR count). The molecule has 0 aromatic heterocycles. The molecule has 9 nitrogen and oxygen atoms in total. The summed E-state index contributed by atoms with van der Waals surface area (Å²) in [4.78, 5) is 22.9. The maximum atomic E-state index is 12.4. The Labute approximate surface area is 188 Å². The minimum absolute atomic E-state index is 0.0806. The number of benzene rings is 2. The Bertz CT molecular complexity index is 1070. The van der Waals surface area contributed by atoms with Crippen LogP contribution in [0.5, 0.6) is 5.75 Å². The van der Waals surface area contributed by atoms with Crippen molar-refractivity contribution in [1.29, 1.82) is 0 Å². The second kappa shape index (κ2) is 10.9. The Kier molecular flexibility index (Phi) is 8.59. The molecule has 0 spiro atoms. The Hall–Kier alpha value is -3.14. The number of nitro groups is 1. The van der Waals surface area contributed by atoms with Crippen LogP contribution in [0, 0.1) is 17.0 Å². The summed E-state index contributed by atoms with van der Waals surface area (Å²) in [6, 6.07) is 11.7. The zero-order valence-corrected chi connectivity index (χ0v) is 19.5. The van der Waals surface area contributed by atoms with E-state index in [2.05, 4.69) is 5.32 Å². The fraction of sp³-hybridized carbons (Fsp3) is 0.409. The SMILES string of the molecule is Cc1ccc([N+](=O)[O-])cc1N(CC(=O)NCCCc1cccc(OC(C)C)c1)S(C)(=O)=O. The molecule has 32 heavy (non-hydrogen) atoms. The summed E-state index contributed by atoms with van der Waals surface area (Å²) in [6.45, 7) is 5.44. The van der Waals surface area contributed by atoms with Crippen LogP contribution in [0.1, 0.15) is 31.4 Å². The highest BCUT2D eigenvalue weighted by Gasteiger charge is 2.24. The lowest BCUT2D eigenvalue weighted by molar-refractivity contribution is -0.384. The molecule has 0 saturated carbocycles. The molecule has 0 saturated heterocycles. The number of carbonyl (C=O) groups is 1. The standard InChI is InChI=1S/C22H29N3O6S/c1-16(2)31-20-9-5-7-18(13-20)8-6-12-23-22(26)15-24(32(4,29)30)21-14-19(25(27)28)11-10-17(21)3/h5,7,9-11,13-14,16H,6,8,12,15H2,1-4H3,(H,23,26). The lowest BCUT2D eigenvalue weighted by Crippen LogP contribution is -2.41. The molecule has 174 valence electrons. The Balaban J connectivity index is 1.98. The van der Waals surface area contributed by atoms with E-state index in [1.165, 1.54) is 12.1 Å². The molecule has 0 unspecified atom stereocenters. The van der Waals surface area contributed by atoms with E-state index in [0.717, 1.165) is 34.4 Å². The van der Waals surface area contributed by atoms with Gasteiger partial charge in [-0.25, -0.2) is 8.42 Å². The van der Waals surface area contributed by atoms with Gasteiger partial charge >= 0.3 is 0 Å². The molecule has 0 bridgehead atoms. The number of hydrogen-bond acceptors (Lipinski definition) is 6. The first-order valence-electron chi connectivity index (χ1n) is 10.2. The zero-order chi connectivity index (χ0) is 23.9. The molecule has 0 aliphatic rings. The van der Waals surface area contributed by atoms with Gasteiger partial charge in [0.2, 0.25) is 15.9 Å². The second-order valence-electron chi connectivity index (χ2n) is 7.77. The van der Waals surface area contributed by atoms with Gasteiger partial charge in [0.25, 0.3) is 5.69 Å². The van der Waals surface area contributed by atoms with Gasteiger partial charge in [0, 0.05) is 18.7 Å². The summed E-state index contributed by atoms with van der Waals surface area (Å²) in [5.41, 5.74) is 1.45. The molecule has 2 aromatic carbocycles. The van der Waals surface area contributed by atoms with Gasteiger partial charge < -0.3 is 10.1 Å². The van der Waals surface area contributed by atoms with Gasteiger partial charge in [-0.05, 0) is 56.9 Å². The maximum absolute atomic E-state index is 12.4. The second-order valence-corrected chi connectivity index (χ2v) is 9.67. The molecule has 1 N–H and O–H groups in total. The molecule has 0 fully saturated rings. The third-order valence-electron chi connectivity index (χ3n) is 4.59. The number of nitro benzene ring substituents is 1. The maximum Gasteiger partial charge on any atom is 0.271 e. The third kappa shape index (κ3) is 7.52. The van der Waals surface area contributed by atoms with Crippen molar-refractivity contribution in [1.82, 2.24) is 5.32 Å². The number of anilines is 1. The van der Waals surface area contributed by atoms with Crippen molar-refractivity contribution >= 4 is 27.3 Å². The van der Waals surface area contributed by atoms with E-state index in [1.54, 1.807) is 6.92 Å². The smallest absolute Gasteiger partial charge is 0.271 e. The minimum atomic E-state index is -3.83. The molecule has 0 aliphatic carbocycles. The van der Waals surface area contributed by atoms with E-state index in [4.69, 9.17) is 4.74 Å². The summed E-state index contributed by atoms with van der Waals surface area (Å²) in [5, 5.41) is 13.8. The average Bonchev–Trinajstić information content (AvgIpc) is 2.69. The number of amides is 1. The number of ether oxygens (including phenoxy) is 1. The van der Waals surface area contributed by atoms with E-state index in [1.807, 2.05) is 38.1 Å². The summed E-state index contributed by atoms with van der Waals surface area (Å²) in [5.74, 6) is 0.302. The molecule has 0 aliphatic heterocycles. The third-order valence-corrected chi connectivity index (χ3v) is 5.72. The van der Waals surface area contributed by atoms with Crippen LogP contribution in [-0.2, 0) is 21.2 Å². The van der Waals surface area contributed by atoms with Gasteiger partial charge in [-0.15, -0.1) is 0 Å². The Morgan fingerprint density at radius 2 is 1.94 bits per heavy atom. The first-order valence-corrected chi connectivity index (χ1v) is 12.1. The monoisotopic (exact) mass is 463 g/mol. The number of carbonyl (C=O) groups excluding carboxylic acids is 1. The summed E-state index contributed by atoms with van der Waals surface area (Å²) in [7, 11) is -3.83. The summed E-state index contributed by atoms with van der Waals surface area (Å²) < 4.78 is 31.1. The van der Waals surface area contributed by atoms with Crippen molar-refractivity contribution in [3.63, 3.8) is 0 Å². The van der Waals surface area contributed by atoms with Gasteiger partial charge in [0.05, 0.1) is 23.0 Å². The number of aryl methyl sites for hydroxylation is 2. The highest BCUT2D eigenvalue weighted by atomic mass is 32.2. The number of nitrogens with zero attached hydrogens (tertiary/aromatic N) is 2. The van der Waals surface area contributed by atoms with Crippen molar-refractivity contribution in [2.24, 2.45) is 0 Å². The number of hydrogen-bond donors (Lipinski definition) is 1. The molecular formula is C22H29N3O6S. The van der Waals surface area contributed by atoms with E-state index in [9.17, 15) is 23.3 Å². The quantitative estimate of drug-likeness (QED) is 0.310. The molecule has 2 aromatic rings. The van der Waals surface area contributed by atoms with Gasteiger partial charge in [0.15, 0.2) is 0 Å². The fourth-order valence-corrected chi connectivity index (χ4v) is 4.02. The van der Waals surface area contributed by atoms with Crippen molar-refractivity contribution < 1.29 is 22.9 Å². The van der Waals surface area contributed by atoms with Crippen molar-refractivity contribution in [2.75, 3.05) is 23.7 Å². The van der Waals surface area contributed by atoms with Gasteiger partial charge in [0.1, 0.15) is 12.3 Å². The Morgan fingerprint density at radius 1 is 1.22 bits per heavy atom. The predicted octanol–water partition coefficient (Wildman–Crippen LogP) is 3.21. The number of rotatable bonds is 11. The highest BCUT2D eigenvalue weighted by molar-refractivity contribution is 7.92. The van der Waals surface area contributed by atoms with Crippen LogP contribution in [0.25, 0.3) is 0 Å². The van der Waals surface area contributed by atoms with Crippen LogP contribution in [0.2, 0.25) is 0 Å². The van der Waals surface area contributed by atoms with E-state index in [0.29, 0.717) is 18.5 Å².